The van der Waals surface area contributed by atoms with Crippen molar-refractivity contribution in [1.82, 2.24) is 10.2 Å². The van der Waals surface area contributed by atoms with Gasteiger partial charge >= 0.3 is 0 Å². The average molecular weight is 353 g/mol. The first-order valence-corrected chi connectivity index (χ1v) is 9.37. The SMILES string of the molecule is C#CCCC1(CCC(=O)NCCN2CCN(c3ccccc3)CC2)N=N1. The Morgan fingerprint density at radius 3 is 2.54 bits per heavy atom. The highest BCUT2D eigenvalue weighted by atomic mass is 16.1. The number of hydrogen-bond acceptors (Lipinski definition) is 5. The molecular formula is C20H27N5O. The molecule has 2 aliphatic rings. The van der Waals surface area contributed by atoms with E-state index in [2.05, 4.69) is 55.5 Å². The number of piperazine rings is 1. The maximum atomic E-state index is 12.0. The van der Waals surface area contributed by atoms with Crippen molar-refractivity contribution in [3.8, 4) is 12.3 Å². The van der Waals surface area contributed by atoms with Crippen molar-refractivity contribution in [2.45, 2.75) is 31.3 Å². The number of anilines is 1. The number of carbonyl (C=O) groups excluding carboxylic acids is 1. The number of hydrogen-bond donors (Lipinski definition) is 1. The standard InChI is InChI=1S/C20H27N5O/c1-2-3-10-20(22-23-20)11-9-19(26)21-12-13-24-14-16-25(17-15-24)18-7-5-4-6-8-18/h1,4-8H,3,9-17H2,(H,21,26). The molecule has 0 bridgehead atoms. The summed E-state index contributed by atoms with van der Waals surface area (Å²) in [5.74, 6) is 2.68. The molecule has 1 amide bonds. The quantitative estimate of drug-likeness (QED) is 0.693. The molecule has 0 radical (unpaired) electrons. The molecule has 1 aromatic carbocycles. The van der Waals surface area contributed by atoms with E-state index in [0.29, 0.717) is 25.8 Å². The van der Waals surface area contributed by atoms with Gasteiger partial charge in [0, 0.05) is 70.6 Å². The van der Waals surface area contributed by atoms with E-state index in [9.17, 15) is 4.79 Å². The summed E-state index contributed by atoms with van der Waals surface area (Å²) in [5.41, 5.74) is 0.924. The summed E-state index contributed by atoms with van der Waals surface area (Å²) in [5, 5.41) is 11.1. The lowest BCUT2D eigenvalue weighted by molar-refractivity contribution is -0.121. The largest absolute Gasteiger partial charge is 0.369 e. The molecule has 2 heterocycles. The molecule has 26 heavy (non-hydrogen) atoms. The minimum atomic E-state index is -0.364. The number of rotatable bonds is 9. The van der Waals surface area contributed by atoms with E-state index >= 15 is 0 Å². The molecular weight excluding hydrogens is 326 g/mol. The van der Waals surface area contributed by atoms with E-state index in [4.69, 9.17) is 6.42 Å². The van der Waals surface area contributed by atoms with Crippen molar-refractivity contribution < 1.29 is 4.79 Å². The van der Waals surface area contributed by atoms with E-state index in [-0.39, 0.29) is 11.6 Å². The van der Waals surface area contributed by atoms with Crippen LogP contribution in [0.5, 0.6) is 0 Å². The zero-order valence-corrected chi connectivity index (χ0v) is 15.2. The Labute approximate surface area is 155 Å². The van der Waals surface area contributed by atoms with Crippen molar-refractivity contribution >= 4 is 11.6 Å². The van der Waals surface area contributed by atoms with Crippen LogP contribution in [0.2, 0.25) is 0 Å². The number of terminal acetylenes is 1. The van der Waals surface area contributed by atoms with Crippen molar-refractivity contribution in [2.75, 3.05) is 44.2 Å². The number of benzene rings is 1. The van der Waals surface area contributed by atoms with Crippen LogP contribution in [0.25, 0.3) is 0 Å². The average Bonchev–Trinajstić information content (AvgIpc) is 3.46. The molecule has 0 saturated carbocycles. The van der Waals surface area contributed by atoms with Crippen LogP contribution in [0.1, 0.15) is 25.7 Å². The van der Waals surface area contributed by atoms with Crippen molar-refractivity contribution in [3.63, 3.8) is 0 Å². The van der Waals surface area contributed by atoms with Gasteiger partial charge in [-0.1, -0.05) is 18.2 Å². The number of para-hydroxylation sites is 1. The van der Waals surface area contributed by atoms with Crippen molar-refractivity contribution in [3.05, 3.63) is 30.3 Å². The van der Waals surface area contributed by atoms with E-state index in [1.807, 2.05) is 6.07 Å². The zero-order valence-electron chi connectivity index (χ0n) is 15.2. The second kappa shape index (κ2) is 8.81. The molecule has 0 aromatic heterocycles. The maximum Gasteiger partial charge on any atom is 0.220 e. The van der Waals surface area contributed by atoms with Crippen LogP contribution in [0.4, 0.5) is 5.69 Å². The van der Waals surface area contributed by atoms with Gasteiger partial charge < -0.3 is 10.2 Å². The number of nitrogens with zero attached hydrogens (tertiary/aromatic N) is 4. The van der Waals surface area contributed by atoms with Crippen LogP contribution in [0.15, 0.2) is 40.6 Å². The molecule has 0 aliphatic carbocycles. The van der Waals surface area contributed by atoms with Gasteiger partial charge in [0.05, 0.1) is 0 Å². The highest BCUT2D eigenvalue weighted by Gasteiger charge is 2.39. The molecule has 2 aliphatic heterocycles. The third kappa shape index (κ3) is 5.30. The summed E-state index contributed by atoms with van der Waals surface area (Å²) in [6.45, 7) is 5.69. The topological polar surface area (TPSA) is 60.3 Å². The molecule has 6 nitrogen and oxygen atoms in total. The summed E-state index contributed by atoms with van der Waals surface area (Å²) in [7, 11) is 0. The summed E-state index contributed by atoms with van der Waals surface area (Å²) in [6.07, 6.45) is 7.81. The molecule has 0 spiro atoms. The fraction of sp³-hybridized carbons (Fsp3) is 0.550. The maximum absolute atomic E-state index is 12.0. The Bertz CT molecular complexity index is 653. The van der Waals surface area contributed by atoms with Crippen LogP contribution in [-0.2, 0) is 4.79 Å². The lowest BCUT2D eigenvalue weighted by Crippen LogP contribution is -2.48. The minimum Gasteiger partial charge on any atom is -0.369 e. The molecule has 1 N–H and O–H groups in total. The molecule has 0 unspecified atom stereocenters. The number of amides is 1. The van der Waals surface area contributed by atoms with Gasteiger partial charge in [-0.15, -0.1) is 12.3 Å². The predicted octanol–water partition coefficient (Wildman–Crippen LogP) is 2.28. The van der Waals surface area contributed by atoms with Crippen molar-refractivity contribution in [1.29, 1.82) is 0 Å². The van der Waals surface area contributed by atoms with Crippen LogP contribution < -0.4 is 10.2 Å². The molecule has 3 rings (SSSR count). The summed E-state index contributed by atoms with van der Waals surface area (Å²) < 4.78 is 0. The Morgan fingerprint density at radius 1 is 1.15 bits per heavy atom. The molecule has 6 heteroatoms. The van der Waals surface area contributed by atoms with Gasteiger partial charge in [-0.3, -0.25) is 9.69 Å². The van der Waals surface area contributed by atoms with E-state index in [1.165, 1.54) is 5.69 Å². The Kier molecular flexibility index (Phi) is 6.24. The van der Waals surface area contributed by atoms with Crippen LogP contribution >= 0.6 is 0 Å². The van der Waals surface area contributed by atoms with E-state index in [0.717, 1.165) is 39.1 Å². The lowest BCUT2D eigenvalue weighted by Gasteiger charge is -2.36. The van der Waals surface area contributed by atoms with Gasteiger partial charge in [0.1, 0.15) is 0 Å². The Hall–Kier alpha value is -2.39. The van der Waals surface area contributed by atoms with Gasteiger partial charge in [-0.2, -0.15) is 10.2 Å². The highest BCUT2D eigenvalue weighted by Crippen LogP contribution is 2.37. The Balaban J connectivity index is 1.27. The van der Waals surface area contributed by atoms with Gasteiger partial charge in [0.25, 0.3) is 0 Å². The normalized spacial score (nSPS) is 18.3. The number of nitrogens with one attached hydrogen (secondary N) is 1. The van der Waals surface area contributed by atoms with Crippen LogP contribution in [0.3, 0.4) is 0 Å². The Morgan fingerprint density at radius 2 is 1.88 bits per heavy atom. The monoisotopic (exact) mass is 353 g/mol. The summed E-state index contributed by atoms with van der Waals surface area (Å²) >= 11 is 0. The van der Waals surface area contributed by atoms with Gasteiger partial charge in [0.2, 0.25) is 5.91 Å². The lowest BCUT2D eigenvalue weighted by atomic mass is 10.0. The second-order valence-corrected chi connectivity index (χ2v) is 6.90. The summed E-state index contributed by atoms with van der Waals surface area (Å²) in [6, 6.07) is 10.5. The minimum absolute atomic E-state index is 0.0744. The molecule has 1 fully saturated rings. The second-order valence-electron chi connectivity index (χ2n) is 6.90. The highest BCUT2D eigenvalue weighted by molar-refractivity contribution is 5.76. The predicted molar refractivity (Wildman–Crippen MR) is 103 cm³/mol. The van der Waals surface area contributed by atoms with Crippen LogP contribution in [-0.4, -0.2) is 55.7 Å². The van der Waals surface area contributed by atoms with E-state index < -0.39 is 0 Å². The molecule has 138 valence electrons. The zero-order chi connectivity index (χ0) is 18.2. The first-order chi connectivity index (χ1) is 12.7. The molecule has 0 atom stereocenters. The molecule has 1 saturated heterocycles. The first kappa shape index (κ1) is 18.4. The summed E-state index contributed by atoms with van der Waals surface area (Å²) in [4.78, 5) is 16.8. The number of carbonyl (C=O) groups is 1. The third-order valence-corrected chi connectivity index (χ3v) is 5.05. The van der Waals surface area contributed by atoms with Gasteiger partial charge in [0.15, 0.2) is 5.66 Å². The first-order valence-electron chi connectivity index (χ1n) is 9.37. The van der Waals surface area contributed by atoms with E-state index in [1.54, 1.807) is 0 Å². The fourth-order valence-corrected chi connectivity index (χ4v) is 3.29. The fourth-order valence-electron chi connectivity index (χ4n) is 3.29. The van der Waals surface area contributed by atoms with Gasteiger partial charge in [-0.25, -0.2) is 0 Å². The molecule has 1 aromatic rings. The smallest absolute Gasteiger partial charge is 0.220 e. The van der Waals surface area contributed by atoms with Crippen molar-refractivity contribution in [2.24, 2.45) is 10.2 Å². The van der Waals surface area contributed by atoms with Gasteiger partial charge in [-0.05, 0) is 12.1 Å². The third-order valence-electron chi connectivity index (χ3n) is 5.05. The van der Waals surface area contributed by atoms with Crippen LogP contribution in [0, 0.1) is 12.3 Å².